The minimum Gasteiger partial charge on any atom is -0.335 e. The molecule has 0 aliphatic rings. The molecule has 2 aromatic carbocycles. The molecular formula is C15H13NO3. The van der Waals surface area contributed by atoms with E-state index in [1.807, 2.05) is 30.3 Å². The first-order valence-corrected chi connectivity index (χ1v) is 5.84. The van der Waals surface area contributed by atoms with Crippen molar-refractivity contribution in [2.45, 2.75) is 6.42 Å². The van der Waals surface area contributed by atoms with Crippen LogP contribution in [0.3, 0.4) is 0 Å². The molecule has 2 aromatic rings. The maximum atomic E-state index is 11.6. The van der Waals surface area contributed by atoms with Crippen LogP contribution in [0.5, 0.6) is 0 Å². The van der Waals surface area contributed by atoms with Crippen LogP contribution in [0.2, 0.25) is 0 Å². The van der Waals surface area contributed by atoms with E-state index in [1.165, 1.54) is 0 Å². The Balaban J connectivity index is 1.83. The van der Waals surface area contributed by atoms with Gasteiger partial charge in [0.15, 0.2) is 0 Å². The Hall–Kier alpha value is -2.62. The van der Waals surface area contributed by atoms with Crippen molar-refractivity contribution < 1.29 is 14.4 Å². The van der Waals surface area contributed by atoms with Gasteiger partial charge in [-0.25, -0.2) is 4.79 Å². The quantitative estimate of drug-likeness (QED) is 0.855. The van der Waals surface area contributed by atoms with E-state index in [9.17, 15) is 9.59 Å². The largest absolute Gasteiger partial charge is 0.362 e. The molecule has 0 bridgehead atoms. The molecule has 4 nitrogen and oxygen atoms in total. The zero-order valence-corrected chi connectivity index (χ0v) is 10.2. The van der Waals surface area contributed by atoms with E-state index in [-0.39, 0.29) is 12.3 Å². The van der Waals surface area contributed by atoms with Gasteiger partial charge in [-0.05, 0) is 17.7 Å². The molecule has 1 amide bonds. The molecule has 0 radical (unpaired) electrons. The summed E-state index contributed by atoms with van der Waals surface area (Å²) in [5, 5.41) is 0. The Bertz CT molecular complexity index is 552. The second-order valence-electron chi connectivity index (χ2n) is 3.94. The molecule has 2 rings (SSSR count). The number of carbonyl (C=O) groups is 2. The van der Waals surface area contributed by atoms with Crippen molar-refractivity contribution in [1.29, 1.82) is 0 Å². The standard InChI is InChI=1S/C15H13NO3/c17-14(11-12-7-3-1-4-8-12)16-19-15(18)13-9-5-2-6-10-13/h1-10H,11H2,(H,16,17). The number of nitrogens with one attached hydrogen (secondary N) is 1. The van der Waals surface area contributed by atoms with Gasteiger partial charge in [-0.1, -0.05) is 48.5 Å². The van der Waals surface area contributed by atoms with Crippen molar-refractivity contribution in [3.63, 3.8) is 0 Å². The zero-order valence-electron chi connectivity index (χ0n) is 10.2. The molecule has 4 heteroatoms. The van der Waals surface area contributed by atoms with Gasteiger partial charge in [0, 0.05) is 0 Å². The topological polar surface area (TPSA) is 55.4 Å². The first kappa shape index (κ1) is 12.8. The Morgan fingerprint density at radius 1 is 0.895 bits per heavy atom. The number of hydrogen-bond donors (Lipinski definition) is 1. The SMILES string of the molecule is O=C(Cc1ccccc1)NOC(=O)c1ccccc1. The number of carbonyl (C=O) groups excluding carboxylic acids is 2. The van der Waals surface area contributed by atoms with Gasteiger partial charge >= 0.3 is 5.97 Å². The Morgan fingerprint density at radius 3 is 2.11 bits per heavy atom. The second kappa shape index (κ2) is 6.35. The third-order valence-corrected chi connectivity index (χ3v) is 2.47. The van der Waals surface area contributed by atoms with Gasteiger partial charge in [0.1, 0.15) is 0 Å². The van der Waals surface area contributed by atoms with Gasteiger partial charge in [0.05, 0.1) is 12.0 Å². The monoisotopic (exact) mass is 255 g/mol. The minimum absolute atomic E-state index is 0.170. The zero-order chi connectivity index (χ0) is 13.5. The fourth-order valence-electron chi connectivity index (χ4n) is 1.55. The maximum absolute atomic E-state index is 11.6. The Kier molecular flexibility index (Phi) is 4.29. The van der Waals surface area contributed by atoms with Crippen molar-refractivity contribution in [3.8, 4) is 0 Å². The van der Waals surface area contributed by atoms with E-state index in [2.05, 4.69) is 5.48 Å². The molecule has 0 saturated carbocycles. The lowest BCUT2D eigenvalue weighted by atomic mass is 10.1. The summed E-state index contributed by atoms with van der Waals surface area (Å²) in [5.74, 6) is -0.947. The van der Waals surface area contributed by atoms with Crippen molar-refractivity contribution in [3.05, 3.63) is 71.8 Å². The third-order valence-electron chi connectivity index (χ3n) is 2.47. The van der Waals surface area contributed by atoms with E-state index in [0.717, 1.165) is 5.56 Å². The third kappa shape index (κ3) is 3.96. The van der Waals surface area contributed by atoms with E-state index < -0.39 is 5.97 Å². The van der Waals surface area contributed by atoms with Crippen LogP contribution in [0.4, 0.5) is 0 Å². The van der Waals surface area contributed by atoms with Gasteiger partial charge in [0.25, 0.3) is 5.91 Å². The molecule has 0 aliphatic carbocycles. The number of amides is 1. The summed E-state index contributed by atoms with van der Waals surface area (Å²) in [4.78, 5) is 27.8. The van der Waals surface area contributed by atoms with Gasteiger partial charge < -0.3 is 4.84 Å². The summed E-state index contributed by atoms with van der Waals surface area (Å²) in [5.41, 5.74) is 3.39. The van der Waals surface area contributed by atoms with Crippen LogP contribution in [-0.4, -0.2) is 11.9 Å². The number of benzene rings is 2. The smallest absolute Gasteiger partial charge is 0.335 e. The lowest BCUT2D eigenvalue weighted by Crippen LogP contribution is -2.28. The predicted octanol–water partition coefficient (Wildman–Crippen LogP) is 2.12. The van der Waals surface area contributed by atoms with E-state index in [1.54, 1.807) is 30.3 Å². The van der Waals surface area contributed by atoms with Crippen molar-refractivity contribution in [2.75, 3.05) is 0 Å². The maximum Gasteiger partial charge on any atom is 0.362 e. The second-order valence-corrected chi connectivity index (χ2v) is 3.94. The Labute approximate surface area is 111 Å². The molecule has 19 heavy (non-hydrogen) atoms. The molecule has 0 fully saturated rings. The van der Waals surface area contributed by atoms with Crippen molar-refractivity contribution >= 4 is 11.9 Å². The van der Waals surface area contributed by atoms with Crippen LogP contribution in [-0.2, 0) is 16.1 Å². The molecule has 0 aliphatic heterocycles. The van der Waals surface area contributed by atoms with E-state index in [0.29, 0.717) is 5.56 Å². The van der Waals surface area contributed by atoms with Crippen molar-refractivity contribution in [2.24, 2.45) is 0 Å². The highest BCUT2D eigenvalue weighted by Crippen LogP contribution is 2.01. The van der Waals surface area contributed by atoms with Crippen LogP contribution in [0.1, 0.15) is 15.9 Å². The highest BCUT2D eigenvalue weighted by Gasteiger charge is 2.09. The van der Waals surface area contributed by atoms with Gasteiger partial charge in [0.2, 0.25) is 0 Å². The molecule has 0 spiro atoms. The highest BCUT2D eigenvalue weighted by atomic mass is 16.7. The van der Waals surface area contributed by atoms with Crippen LogP contribution < -0.4 is 5.48 Å². The summed E-state index contributed by atoms with van der Waals surface area (Å²) in [6, 6.07) is 17.7. The fourth-order valence-corrected chi connectivity index (χ4v) is 1.55. The average Bonchev–Trinajstić information content (AvgIpc) is 2.47. The van der Waals surface area contributed by atoms with E-state index in [4.69, 9.17) is 4.84 Å². The lowest BCUT2D eigenvalue weighted by Gasteiger charge is -2.05. The summed E-state index contributed by atoms with van der Waals surface area (Å²) < 4.78 is 0. The number of hydroxylamine groups is 1. The van der Waals surface area contributed by atoms with E-state index >= 15 is 0 Å². The molecule has 0 aromatic heterocycles. The summed E-state index contributed by atoms with van der Waals surface area (Å²) in [6.45, 7) is 0. The van der Waals surface area contributed by atoms with Crippen LogP contribution in [0.25, 0.3) is 0 Å². The summed E-state index contributed by atoms with van der Waals surface area (Å²) in [7, 11) is 0. The molecule has 1 N–H and O–H groups in total. The normalized spacial score (nSPS) is 9.68. The molecule has 0 heterocycles. The Morgan fingerprint density at radius 2 is 1.47 bits per heavy atom. The molecule has 0 unspecified atom stereocenters. The first-order chi connectivity index (χ1) is 9.25. The minimum atomic E-state index is -0.581. The number of hydrogen-bond acceptors (Lipinski definition) is 3. The molecular weight excluding hydrogens is 242 g/mol. The summed E-state index contributed by atoms with van der Waals surface area (Å²) >= 11 is 0. The van der Waals surface area contributed by atoms with Gasteiger partial charge in [-0.15, -0.1) is 0 Å². The molecule has 0 saturated heterocycles. The highest BCUT2D eigenvalue weighted by molar-refractivity contribution is 5.90. The van der Waals surface area contributed by atoms with Crippen LogP contribution in [0.15, 0.2) is 60.7 Å². The number of rotatable bonds is 3. The summed E-state index contributed by atoms with van der Waals surface area (Å²) in [6.07, 6.45) is 0.170. The lowest BCUT2D eigenvalue weighted by molar-refractivity contribution is -0.129. The average molecular weight is 255 g/mol. The van der Waals surface area contributed by atoms with Crippen LogP contribution >= 0.6 is 0 Å². The van der Waals surface area contributed by atoms with Crippen molar-refractivity contribution in [1.82, 2.24) is 5.48 Å². The van der Waals surface area contributed by atoms with Crippen LogP contribution in [0, 0.1) is 0 Å². The fraction of sp³-hybridized carbons (Fsp3) is 0.0667. The molecule has 0 atom stereocenters. The van der Waals surface area contributed by atoms with Gasteiger partial charge in [-0.2, -0.15) is 5.48 Å². The first-order valence-electron chi connectivity index (χ1n) is 5.84. The predicted molar refractivity (Wildman–Crippen MR) is 70.1 cm³/mol. The molecule has 96 valence electrons. The van der Waals surface area contributed by atoms with Gasteiger partial charge in [-0.3, -0.25) is 4.79 Å².